The van der Waals surface area contributed by atoms with Gasteiger partial charge in [0.25, 0.3) is 5.56 Å². The summed E-state index contributed by atoms with van der Waals surface area (Å²) in [6.45, 7) is 3.88. The monoisotopic (exact) mass is 257 g/mol. The van der Waals surface area contributed by atoms with Crippen molar-refractivity contribution in [2.45, 2.75) is 32.2 Å². The predicted molar refractivity (Wildman–Crippen MR) is 76.5 cm³/mol. The van der Waals surface area contributed by atoms with Crippen LogP contribution in [-0.4, -0.2) is 22.6 Å². The second-order valence-electron chi connectivity index (χ2n) is 5.28. The number of rotatable bonds is 1. The van der Waals surface area contributed by atoms with Gasteiger partial charge >= 0.3 is 0 Å². The highest BCUT2D eigenvalue weighted by Gasteiger charge is 2.16. The van der Waals surface area contributed by atoms with Crippen LogP contribution in [0.4, 0.5) is 0 Å². The molecule has 2 heterocycles. The smallest absolute Gasteiger partial charge is 0.261 e. The molecule has 1 aromatic heterocycles. The lowest BCUT2D eigenvalue weighted by molar-refractivity contribution is 0.447. The van der Waals surface area contributed by atoms with Crippen LogP contribution in [0.5, 0.6) is 0 Å². The Morgan fingerprint density at radius 1 is 1.37 bits per heavy atom. The highest BCUT2D eigenvalue weighted by Crippen LogP contribution is 2.17. The van der Waals surface area contributed by atoms with Crippen molar-refractivity contribution in [2.24, 2.45) is 0 Å². The average Bonchev–Trinajstić information content (AvgIpc) is 2.68. The molecule has 0 radical (unpaired) electrons. The molecule has 1 unspecified atom stereocenters. The molecule has 4 heteroatoms. The molecule has 1 saturated heterocycles. The van der Waals surface area contributed by atoms with Crippen LogP contribution in [0.2, 0.25) is 0 Å². The van der Waals surface area contributed by atoms with Crippen LogP contribution >= 0.6 is 0 Å². The molecule has 1 aromatic carbocycles. The first-order chi connectivity index (χ1) is 9.27. The molecule has 0 bridgehead atoms. The molecule has 1 N–H and O–H groups in total. The quantitative estimate of drug-likeness (QED) is 0.850. The lowest BCUT2D eigenvalue weighted by Gasteiger charge is -2.18. The van der Waals surface area contributed by atoms with E-state index in [-0.39, 0.29) is 11.6 Å². The zero-order valence-electron chi connectivity index (χ0n) is 11.2. The molecule has 4 nitrogen and oxygen atoms in total. The lowest BCUT2D eigenvalue weighted by atomic mass is 10.1. The predicted octanol–water partition coefficient (Wildman–Crippen LogP) is 2.02. The van der Waals surface area contributed by atoms with Crippen LogP contribution in [0.25, 0.3) is 10.9 Å². The molecule has 1 atom stereocenters. The Kier molecular flexibility index (Phi) is 3.34. The Hall–Kier alpha value is -1.68. The van der Waals surface area contributed by atoms with E-state index in [0.29, 0.717) is 0 Å². The van der Waals surface area contributed by atoms with Gasteiger partial charge in [-0.1, -0.05) is 18.6 Å². The zero-order chi connectivity index (χ0) is 13.2. The van der Waals surface area contributed by atoms with E-state index in [1.807, 2.05) is 29.7 Å². The SMILES string of the molecule is Cc1cccc2ncn(C3CCCCNC3)c(=O)c12. The van der Waals surface area contributed by atoms with E-state index >= 15 is 0 Å². The van der Waals surface area contributed by atoms with Crippen molar-refractivity contribution in [3.8, 4) is 0 Å². The van der Waals surface area contributed by atoms with E-state index in [9.17, 15) is 4.79 Å². The van der Waals surface area contributed by atoms with Gasteiger partial charge in [-0.3, -0.25) is 9.36 Å². The molecule has 100 valence electrons. The molecule has 2 aromatic rings. The summed E-state index contributed by atoms with van der Waals surface area (Å²) in [5.74, 6) is 0. The first-order valence-corrected chi connectivity index (χ1v) is 6.94. The van der Waals surface area contributed by atoms with E-state index < -0.39 is 0 Å². The maximum Gasteiger partial charge on any atom is 0.261 e. The van der Waals surface area contributed by atoms with Crippen molar-refractivity contribution >= 4 is 10.9 Å². The third-order valence-corrected chi connectivity index (χ3v) is 3.93. The number of aryl methyl sites for hydroxylation is 1. The number of benzene rings is 1. The third kappa shape index (κ3) is 2.28. The van der Waals surface area contributed by atoms with E-state index in [2.05, 4.69) is 10.3 Å². The minimum Gasteiger partial charge on any atom is -0.315 e. The largest absolute Gasteiger partial charge is 0.315 e. The van der Waals surface area contributed by atoms with Gasteiger partial charge < -0.3 is 5.32 Å². The van der Waals surface area contributed by atoms with Crippen molar-refractivity contribution in [2.75, 3.05) is 13.1 Å². The summed E-state index contributed by atoms with van der Waals surface area (Å²) in [4.78, 5) is 17.1. The van der Waals surface area contributed by atoms with Crippen LogP contribution in [0.1, 0.15) is 30.9 Å². The summed E-state index contributed by atoms with van der Waals surface area (Å²) in [5.41, 5.74) is 1.89. The number of hydrogen-bond donors (Lipinski definition) is 1. The molecule has 1 fully saturated rings. The van der Waals surface area contributed by atoms with E-state index in [0.717, 1.165) is 42.4 Å². The van der Waals surface area contributed by atoms with Crippen molar-refractivity contribution in [3.63, 3.8) is 0 Å². The minimum atomic E-state index is 0.0943. The molecular weight excluding hydrogens is 238 g/mol. The Morgan fingerprint density at radius 2 is 2.26 bits per heavy atom. The molecular formula is C15H19N3O. The Labute approximate surface area is 112 Å². The number of hydrogen-bond acceptors (Lipinski definition) is 3. The first kappa shape index (κ1) is 12.4. The van der Waals surface area contributed by atoms with E-state index in [1.54, 1.807) is 6.33 Å². The van der Waals surface area contributed by atoms with Gasteiger partial charge in [-0.2, -0.15) is 0 Å². The Morgan fingerprint density at radius 3 is 3.16 bits per heavy atom. The molecule has 0 aliphatic carbocycles. The fourth-order valence-corrected chi connectivity index (χ4v) is 2.84. The summed E-state index contributed by atoms with van der Waals surface area (Å²) in [6, 6.07) is 6.05. The fraction of sp³-hybridized carbons (Fsp3) is 0.467. The standard InChI is InChI=1S/C15H19N3O/c1-11-5-4-7-13-14(11)15(19)18(10-17-13)12-6-2-3-8-16-9-12/h4-5,7,10,12,16H,2-3,6,8-9H2,1H3. The van der Waals surface area contributed by atoms with E-state index in [4.69, 9.17) is 0 Å². The van der Waals surface area contributed by atoms with Crippen molar-refractivity contribution < 1.29 is 0 Å². The number of aromatic nitrogens is 2. The normalized spacial score (nSPS) is 20.4. The first-order valence-electron chi connectivity index (χ1n) is 6.94. The molecule has 1 aliphatic rings. The summed E-state index contributed by atoms with van der Waals surface area (Å²) in [6.07, 6.45) is 5.11. The highest BCUT2D eigenvalue weighted by atomic mass is 16.1. The molecule has 3 rings (SSSR count). The fourth-order valence-electron chi connectivity index (χ4n) is 2.84. The molecule has 0 saturated carbocycles. The van der Waals surface area contributed by atoms with E-state index in [1.165, 1.54) is 6.42 Å². The summed E-state index contributed by atoms with van der Waals surface area (Å²) < 4.78 is 1.81. The van der Waals surface area contributed by atoms with Crippen molar-refractivity contribution in [1.82, 2.24) is 14.9 Å². The number of fused-ring (bicyclic) bond motifs is 1. The summed E-state index contributed by atoms with van der Waals surface area (Å²) >= 11 is 0. The third-order valence-electron chi connectivity index (χ3n) is 3.93. The van der Waals surface area contributed by atoms with Crippen LogP contribution in [-0.2, 0) is 0 Å². The molecule has 19 heavy (non-hydrogen) atoms. The van der Waals surface area contributed by atoms with Gasteiger partial charge in [0.1, 0.15) is 0 Å². The maximum atomic E-state index is 12.7. The van der Waals surface area contributed by atoms with Crippen molar-refractivity contribution in [1.29, 1.82) is 0 Å². The second kappa shape index (κ2) is 5.13. The Balaban J connectivity index is 2.11. The van der Waals surface area contributed by atoms with Gasteiger partial charge in [-0.15, -0.1) is 0 Å². The number of nitrogens with zero attached hydrogens (tertiary/aromatic N) is 2. The summed E-state index contributed by atoms with van der Waals surface area (Å²) in [7, 11) is 0. The lowest BCUT2D eigenvalue weighted by Crippen LogP contribution is -2.31. The minimum absolute atomic E-state index is 0.0943. The van der Waals surface area contributed by atoms with Gasteiger partial charge in [0, 0.05) is 6.54 Å². The molecule has 1 aliphatic heterocycles. The van der Waals surface area contributed by atoms with Crippen LogP contribution in [0.3, 0.4) is 0 Å². The van der Waals surface area contributed by atoms with Crippen LogP contribution in [0, 0.1) is 6.92 Å². The van der Waals surface area contributed by atoms with Gasteiger partial charge in [0.15, 0.2) is 0 Å². The van der Waals surface area contributed by atoms with Crippen molar-refractivity contribution in [3.05, 3.63) is 40.4 Å². The molecule has 0 spiro atoms. The topological polar surface area (TPSA) is 46.9 Å². The van der Waals surface area contributed by atoms with Gasteiger partial charge in [-0.25, -0.2) is 4.98 Å². The second-order valence-corrected chi connectivity index (χ2v) is 5.28. The van der Waals surface area contributed by atoms with Crippen LogP contribution < -0.4 is 10.9 Å². The average molecular weight is 257 g/mol. The highest BCUT2D eigenvalue weighted by molar-refractivity contribution is 5.80. The van der Waals surface area contributed by atoms with Gasteiger partial charge in [0.05, 0.1) is 23.3 Å². The maximum absolute atomic E-state index is 12.7. The van der Waals surface area contributed by atoms with Crippen LogP contribution in [0.15, 0.2) is 29.3 Å². The summed E-state index contributed by atoms with van der Waals surface area (Å²) in [5, 5.41) is 4.16. The zero-order valence-corrected chi connectivity index (χ0v) is 11.2. The van der Waals surface area contributed by atoms with Gasteiger partial charge in [0.2, 0.25) is 0 Å². The molecule has 0 amide bonds. The van der Waals surface area contributed by atoms with Gasteiger partial charge in [-0.05, 0) is 37.9 Å². The Bertz CT molecular complexity index is 639. The number of nitrogens with one attached hydrogen (secondary N) is 1.